The van der Waals surface area contributed by atoms with Gasteiger partial charge in [0, 0.05) is 5.02 Å². The van der Waals surface area contributed by atoms with Gasteiger partial charge in [-0.15, -0.1) is 0 Å². The van der Waals surface area contributed by atoms with Crippen molar-refractivity contribution in [3.63, 3.8) is 0 Å². The fourth-order valence-corrected chi connectivity index (χ4v) is 4.13. The standard InChI is InChI=1S/C13H17ClO3S/c14-11-4-2-5-12(9-11)18(16,17)8-7-10-3-1-6-13(10)15/h2,4-5,9-10,13,15H,1,3,6-8H2. The van der Waals surface area contributed by atoms with Crippen molar-refractivity contribution in [2.45, 2.75) is 36.7 Å². The van der Waals surface area contributed by atoms with Crippen LogP contribution in [0, 0.1) is 5.92 Å². The molecule has 0 amide bonds. The monoisotopic (exact) mass is 288 g/mol. The summed E-state index contributed by atoms with van der Waals surface area (Å²) in [5, 5.41) is 10.1. The second-order valence-corrected chi connectivity index (χ2v) is 7.37. The second kappa shape index (κ2) is 5.59. The molecule has 1 aromatic rings. The van der Waals surface area contributed by atoms with E-state index in [9.17, 15) is 13.5 Å². The number of benzene rings is 1. The van der Waals surface area contributed by atoms with Crippen LogP contribution in [-0.4, -0.2) is 25.4 Å². The number of sulfone groups is 1. The minimum absolute atomic E-state index is 0.0784. The lowest BCUT2D eigenvalue weighted by Crippen LogP contribution is -2.17. The number of hydrogen-bond donors (Lipinski definition) is 1. The number of aliphatic hydroxyl groups is 1. The Morgan fingerprint density at radius 3 is 2.72 bits per heavy atom. The van der Waals surface area contributed by atoms with Crippen LogP contribution in [0.25, 0.3) is 0 Å². The molecule has 1 aromatic carbocycles. The van der Waals surface area contributed by atoms with Gasteiger partial charge in [0.05, 0.1) is 16.8 Å². The smallest absolute Gasteiger partial charge is 0.178 e. The summed E-state index contributed by atoms with van der Waals surface area (Å²) in [5.74, 6) is 0.202. The molecule has 0 heterocycles. The van der Waals surface area contributed by atoms with E-state index in [-0.39, 0.29) is 22.7 Å². The highest BCUT2D eigenvalue weighted by molar-refractivity contribution is 7.91. The van der Waals surface area contributed by atoms with Crippen LogP contribution in [0.3, 0.4) is 0 Å². The molecule has 0 spiro atoms. The van der Waals surface area contributed by atoms with Crippen molar-refractivity contribution in [2.75, 3.05) is 5.75 Å². The van der Waals surface area contributed by atoms with Crippen LogP contribution in [0.5, 0.6) is 0 Å². The average molecular weight is 289 g/mol. The number of halogens is 1. The van der Waals surface area contributed by atoms with Gasteiger partial charge in [0.15, 0.2) is 9.84 Å². The van der Waals surface area contributed by atoms with Crippen molar-refractivity contribution in [3.8, 4) is 0 Å². The fraction of sp³-hybridized carbons (Fsp3) is 0.538. The molecule has 0 saturated heterocycles. The van der Waals surface area contributed by atoms with E-state index >= 15 is 0 Å². The van der Waals surface area contributed by atoms with Crippen LogP contribution in [0.1, 0.15) is 25.7 Å². The van der Waals surface area contributed by atoms with Crippen LogP contribution < -0.4 is 0 Å². The Hall–Kier alpha value is -0.580. The van der Waals surface area contributed by atoms with Gasteiger partial charge in [-0.1, -0.05) is 24.1 Å². The zero-order valence-electron chi connectivity index (χ0n) is 10.0. The maximum absolute atomic E-state index is 12.1. The van der Waals surface area contributed by atoms with E-state index in [1.54, 1.807) is 18.2 Å². The molecule has 0 bridgehead atoms. The Balaban J connectivity index is 2.03. The van der Waals surface area contributed by atoms with Crippen molar-refractivity contribution in [1.82, 2.24) is 0 Å². The molecule has 1 N–H and O–H groups in total. The number of rotatable bonds is 4. The first-order chi connectivity index (χ1) is 8.49. The molecule has 2 rings (SSSR count). The predicted molar refractivity (Wildman–Crippen MR) is 71.5 cm³/mol. The van der Waals surface area contributed by atoms with Crippen molar-refractivity contribution < 1.29 is 13.5 Å². The summed E-state index contributed by atoms with van der Waals surface area (Å²) in [7, 11) is -3.29. The van der Waals surface area contributed by atoms with Crippen molar-refractivity contribution in [1.29, 1.82) is 0 Å². The molecular weight excluding hydrogens is 272 g/mol. The number of aliphatic hydroxyl groups excluding tert-OH is 1. The molecule has 100 valence electrons. The Kier molecular flexibility index (Phi) is 4.30. The topological polar surface area (TPSA) is 54.4 Å². The lowest BCUT2D eigenvalue weighted by Gasteiger charge is -2.14. The largest absolute Gasteiger partial charge is 0.393 e. The lowest BCUT2D eigenvalue weighted by atomic mass is 10.0. The van der Waals surface area contributed by atoms with Crippen LogP contribution in [0.4, 0.5) is 0 Å². The SMILES string of the molecule is O=S(=O)(CCC1CCCC1O)c1cccc(Cl)c1. The first-order valence-electron chi connectivity index (χ1n) is 6.15. The zero-order chi connectivity index (χ0) is 13.2. The maximum atomic E-state index is 12.1. The van der Waals surface area contributed by atoms with Crippen molar-refractivity contribution in [3.05, 3.63) is 29.3 Å². The Morgan fingerprint density at radius 2 is 2.11 bits per heavy atom. The first-order valence-corrected chi connectivity index (χ1v) is 8.18. The molecule has 2 atom stereocenters. The van der Waals surface area contributed by atoms with Crippen LogP contribution >= 0.6 is 11.6 Å². The molecule has 3 nitrogen and oxygen atoms in total. The lowest BCUT2D eigenvalue weighted by molar-refractivity contribution is 0.131. The quantitative estimate of drug-likeness (QED) is 0.927. The Bertz CT molecular complexity index is 513. The predicted octanol–water partition coefficient (Wildman–Crippen LogP) is 2.66. The third-order valence-electron chi connectivity index (χ3n) is 3.53. The van der Waals surface area contributed by atoms with Gasteiger partial charge in [-0.3, -0.25) is 0 Å². The van der Waals surface area contributed by atoms with Crippen LogP contribution in [0.15, 0.2) is 29.2 Å². The minimum Gasteiger partial charge on any atom is -0.393 e. The Morgan fingerprint density at radius 1 is 1.33 bits per heavy atom. The van der Waals surface area contributed by atoms with Crippen molar-refractivity contribution >= 4 is 21.4 Å². The first kappa shape index (κ1) is 13.8. The van der Waals surface area contributed by atoms with Gasteiger partial charge in [-0.2, -0.15) is 0 Å². The van der Waals surface area contributed by atoms with Crippen LogP contribution in [-0.2, 0) is 9.84 Å². The summed E-state index contributed by atoms with van der Waals surface area (Å²) in [6.07, 6.45) is 2.90. The normalized spacial score (nSPS) is 24.3. The van der Waals surface area contributed by atoms with Crippen LogP contribution in [0.2, 0.25) is 5.02 Å². The summed E-state index contributed by atoms with van der Waals surface area (Å²) in [6, 6.07) is 6.33. The van der Waals surface area contributed by atoms with E-state index in [0.717, 1.165) is 19.3 Å². The van der Waals surface area contributed by atoms with Gasteiger partial charge in [0.1, 0.15) is 0 Å². The zero-order valence-corrected chi connectivity index (χ0v) is 11.6. The molecule has 1 aliphatic rings. The summed E-state index contributed by atoms with van der Waals surface area (Å²) in [4.78, 5) is 0.266. The third-order valence-corrected chi connectivity index (χ3v) is 5.51. The maximum Gasteiger partial charge on any atom is 0.178 e. The third kappa shape index (κ3) is 3.25. The highest BCUT2D eigenvalue weighted by Crippen LogP contribution is 2.29. The molecule has 0 aromatic heterocycles. The molecule has 18 heavy (non-hydrogen) atoms. The summed E-state index contributed by atoms with van der Waals surface area (Å²) in [6.45, 7) is 0. The molecule has 0 radical (unpaired) electrons. The van der Waals surface area contributed by atoms with Gasteiger partial charge >= 0.3 is 0 Å². The van der Waals surface area contributed by atoms with E-state index in [0.29, 0.717) is 11.4 Å². The van der Waals surface area contributed by atoms with Crippen molar-refractivity contribution in [2.24, 2.45) is 5.92 Å². The average Bonchev–Trinajstić information content (AvgIpc) is 2.72. The molecule has 0 aliphatic heterocycles. The molecule has 5 heteroatoms. The molecule has 1 saturated carbocycles. The van der Waals surface area contributed by atoms with E-state index < -0.39 is 9.84 Å². The number of hydrogen-bond acceptors (Lipinski definition) is 3. The highest BCUT2D eigenvalue weighted by Gasteiger charge is 2.27. The summed E-state index contributed by atoms with van der Waals surface area (Å²) < 4.78 is 24.2. The van der Waals surface area contributed by atoms with E-state index in [1.807, 2.05) is 0 Å². The summed E-state index contributed by atoms with van der Waals surface area (Å²) >= 11 is 5.80. The molecule has 1 aliphatic carbocycles. The van der Waals surface area contributed by atoms with Gasteiger partial charge in [0.25, 0.3) is 0 Å². The second-order valence-electron chi connectivity index (χ2n) is 4.82. The molecule has 2 unspecified atom stereocenters. The Labute approximate surface area is 113 Å². The minimum atomic E-state index is -3.29. The fourth-order valence-electron chi connectivity index (χ4n) is 2.44. The molecule has 1 fully saturated rings. The van der Waals surface area contributed by atoms with E-state index in [1.165, 1.54) is 6.07 Å². The van der Waals surface area contributed by atoms with E-state index in [2.05, 4.69) is 0 Å². The van der Waals surface area contributed by atoms with Gasteiger partial charge < -0.3 is 5.11 Å². The van der Waals surface area contributed by atoms with Gasteiger partial charge in [0.2, 0.25) is 0 Å². The highest BCUT2D eigenvalue weighted by atomic mass is 35.5. The van der Waals surface area contributed by atoms with E-state index in [4.69, 9.17) is 11.6 Å². The molecular formula is C13H17ClO3S. The summed E-state index contributed by atoms with van der Waals surface area (Å²) in [5.41, 5.74) is 0. The van der Waals surface area contributed by atoms with Gasteiger partial charge in [-0.25, -0.2) is 8.42 Å². The van der Waals surface area contributed by atoms with Gasteiger partial charge in [-0.05, 0) is 43.4 Å².